The lowest BCUT2D eigenvalue weighted by Gasteiger charge is -2.31. The van der Waals surface area contributed by atoms with Gasteiger partial charge in [-0.25, -0.2) is 19.2 Å². The summed E-state index contributed by atoms with van der Waals surface area (Å²) in [6, 6.07) is 1.93. The number of ether oxygens (including phenoxy) is 1. The van der Waals surface area contributed by atoms with Crippen molar-refractivity contribution in [2.75, 3.05) is 30.5 Å². The maximum absolute atomic E-state index is 14.7. The molecule has 0 bridgehead atoms. The van der Waals surface area contributed by atoms with E-state index in [1.807, 2.05) is 0 Å². The van der Waals surface area contributed by atoms with Crippen LogP contribution in [0.15, 0.2) is 18.3 Å². The zero-order valence-corrected chi connectivity index (χ0v) is 18.1. The number of methoxy groups -OCH3 is 1. The second-order valence-electron chi connectivity index (χ2n) is 8.26. The smallest absolute Gasteiger partial charge is 0.342 e. The number of aromatic nitrogens is 2. The molecule has 1 fully saturated rings. The van der Waals surface area contributed by atoms with Gasteiger partial charge in [-0.2, -0.15) is 8.78 Å². The number of halogens is 3. The highest BCUT2D eigenvalue weighted by molar-refractivity contribution is 6.01. The van der Waals surface area contributed by atoms with Gasteiger partial charge in [-0.3, -0.25) is 4.79 Å². The summed E-state index contributed by atoms with van der Waals surface area (Å²) in [4.78, 5) is 34.6. The summed E-state index contributed by atoms with van der Waals surface area (Å²) in [5.41, 5.74) is -0.0591. The number of amides is 1. The maximum Gasteiger partial charge on any atom is 0.342 e. The lowest BCUT2D eigenvalue weighted by atomic mass is 10.1. The normalized spacial score (nSPS) is 18.3. The van der Waals surface area contributed by atoms with Crippen LogP contribution >= 0.6 is 0 Å². The number of aromatic carboxylic acids is 1. The summed E-state index contributed by atoms with van der Waals surface area (Å²) in [6.45, 7) is -0.782. The van der Waals surface area contributed by atoms with Gasteiger partial charge in [0.15, 0.2) is 5.82 Å². The number of alkyl halides is 2. The van der Waals surface area contributed by atoms with Crippen LogP contribution in [0.2, 0.25) is 0 Å². The number of hydrogen-bond acceptors (Lipinski definition) is 6. The van der Waals surface area contributed by atoms with Crippen molar-refractivity contribution >= 4 is 23.4 Å². The van der Waals surface area contributed by atoms with E-state index in [2.05, 4.69) is 9.97 Å². The van der Waals surface area contributed by atoms with E-state index in [4.69, 9.17) is 9.84 Å². The van der Waals surface area contributed by atoms with Crippen LogP contribution in [0.1, 0.15) is 47.4 Å². The van der Waals surface area contributed by atoms with Crippen molar-refractivity contribution in [1.82, 2.24) is 9.97 Å². The van der Waals surface area contributed by atoms with Gasteiger partial charge in [0.2, 0.25) is 0 Å². The van der Waals surface area contributed by atoms with Crippen LogP contribution in [0.4, 0.5) is 24.7 Å². The largest absolute Gasteiger partial charge is 0.496 e. The minimum atomic E-state index is -3.59. The molecule has 0 radical (unpaired) electrons. The Morgan fingerprint density at radius 1 is 1.30 bits per heavy atom. The van der Waals surface area contributed by atoms with Gasteiger partial charge >= 0.3 is 11.9 Å². The molecule has 4 rings (SSSR count). The van der Waals surface area contributed by atoms with Crippen molar-refractivity contribution in [1.29, 1.82) is 0 Å². The lowest BCUT2D eigenvalue weighted by Crippen LogP contribution is -2.48. The number of hydrogen-bond donors (Lipinski definition) is 1. The SMILES string of the molecule is COc1cc(C(=O)O)c(F)cc1Cc1ncc2c(n1)N(C1CCCC1)CC(F)(F)C(=O)N2C. The van der Waals surface area contributed by atoms with Crippen molar-refractivity contribution in [3.63, 3.8) is 0 Å². The molecule has 8 nitrogen and oxygen atoms in total. The summed E-state index contributed by atoms with van der Waals surface area (Å²) in [7, 11) is 2.59. The van der Waals surface area contributed by atoms with Gasteiger partial charge in [-0.1, -0.05) is 12.8 Å². The van der Waals surface area contributed by atoms with E-state index in [9.17, 15) is 22.8 Å². The first-order chi connectivity index (χ1) is 15.6. The van der Waals surface area contributed by atoms with Gasteiger partial charge in [-0.15, -0.1) is 0 Å². The predicted molar refractivity (Wildman–Crippen MR) is 113 cm³/mol. The molecule has 2 aromatic rings. The Labute approximate surface area is 188 Å². The van der Waals surface area contributed by atoms with E-state index >= 15 is 0 Å². The van der Waals surface area contributed by atoms with Crippen molar-refractivity contribution in [2.45, 2.75) is 44.1 Å². The number of anilines is 2. The molecule has 33 heavy (non-hydrogen) atoms. The first kappa shape index (κ1) is 22.8. The van der Waals surface area contributed by atoms with Gasteiger partial charge < -0.3 is 19.6 Å². The van der Waals surface area contributed by atoms with Crippen LogP contribution in [-0.4, -0.2) is 59.6 Å². The maximum atomic E-state index is 14.7. The van der Waals surface area contributed by atoms with Crippen LogP contribution < -0.4 is 14.5 Å². The topological polar surface area (TPSA) is 95.9 Å². The third-order valence-corrected chi connectivity index (χ3v) is 6.13. The molecule has 1 saturated carbocycles. The molecule has 1 N–H and O–H groups in total. The van der Waals surface area contributed by atoms with Crippen molar-refractivity contribution in [2.24, 2.45) is 0 Å². The Morgan fingerprint density at radius 2 is 2.00 bits per heavy atom. The molecular weight excluding hydrogens is 441 g/mol. The summed E-state index contributed by atoms with van der Waals surface area (Å²) < 4.78 is 48.9. The molecule has 0 spiro atoms. The zero-order valence-electron chi connectivity index (χ0n) is 18.1. The standard InChI is InChI=1S/C22H23F3N4O4/c1-28-16-10-26-18(8-12-7-15(23)14(20(30)31)9-17(12)33-2)27-19(16)29(13-5-3-4-6-13)11-22(24,25)21(28)32/h7,9-10,13H,3-6,8,11H2,1-2H3,(H,30,31). The van der Waals surface area contributed by atoms with E-state index in [0.717, 1.165) is 29.9 Å². The van der Waals surface area contributed by atoms with E-state index in [1.54, 1.807) is 0 Å². The molecule has 1 aromatic carbocycles. The average molecular weight is 464 g/mol. The Balaban J connectivity index is 1.76. The van der Waals surface area contributed by atoms with Crippen molar-refractivity contribution < 1.29 is 32.6 Å². The van der Waals surface area contributed by atoms with Crippen LogP contribution in [0, 0.1) is 5.82 Å². The van der Waals surface area contributed by atoms with E-state index in [-0.39, 0.29) is 35.5 Å². The summed E-state index contributed by atoms with van der Waals surface area (Å²) in [5, 5.41) is 9.13. The molecule has 1 aliphatic heterocycles. The first-order valence-corrected chi connectivity index (χ1v) is 10.5. The molecule has 1 aromatic heterocycles. The Kier molecular flexibility index (Phi) is 5.89. The minimum absolute atomic E-state index is 0.0279. The average Bonchev–Trinajstić information content (AvgIpc) is 3.29. The first-order valence-electron chi connectivity index (χ1n) is 10.5. The molecule has 0 saturated heterocycles. The summed E-state index contributed by atoms with van der Waals surface area (Å²) in [5.74, 6) is -6.72. The minimum Gasteiger partial charge on any atom is -0.496 e. The van der Waals surface area contributed by atoms with Gasteiger partial charge in [0.25, 0.3) is 5.91 Å². The second-order valence-corrected chi connectivity index (χ2v) is 8.26. The highest BCUT2D eigenvalue weighted by Gasteiger charge is 2.48. The number of fused-ring (bicyclic) bond motifs is 1. The van der Waals surface area contributed by atoms with Crippen LogP contribution in [0.5, 0.6) is 5.75 Å². The number of carbonyl (C=O) groups is 2. The predicted octanol–water partition coefficient (Wildman–Crippen LogP) is 3.27. The van der Waals surface area contributed by atoms with Crippen LogP contribution in [0.3, 0.4) is 0 Å². The number of benzene rings is 1. The van der Waals surface area contributed by atoms with Crippen molar-refractivity contribution in [3.8, 4) is 5.75 Å². The third kappa shape index (κ3) is 4.19. The number of rotatable bonds is 5. The van der Waals surface area contributed by atoms with E-state index in [0.29, 0.717) is 18.4 Å². The van der Waals surface area contributed by atoms with Gasteiger partial charge in [-0.05, 0) is 25.0 Å². The van der Waals surface area contributed by atoms with E-state index < -0.39 is 35.7 Å². The fraction of sp³-hybridized carbons (Fsp3) is 0.455. The zero-order chi connectivity index (χ0) is 23.9. The fourth-order valence-electron chi connectivity index (χ4n) is 4.42. The molecule has 176 valence electrons. The number of carbonyl (C=O) groups excluding carboxylic acids is 1. The molecule has 11 heteroatoms. The second kappa shape index (κ2) is 8.53. The third-order valence-electron chi connectivity index (χ3n) is 6.13. The van der Waals surface area contributed by atoms with Gasteiger partial charge in [0, 0.05) is 25.1 Å². The fourth-order valence-corrected chi connectivity index (χ4v) is 4.42. The highest BCUT2D eigenvalue weighted by Crippen LogP contribution is 2.39. The van der Waals surface area contributed by atoms with Gasteiger partial charge in [0.05, 0.1) is 25.4 Å². The number of nitrogens with zero attached hydrogens (tertiary/aromatic N) is 4. The number of carboxylic acid groups (broad SMARTS) is 1. The molecule has 0 unspecified atom stereocenters. The molecule has 1 aliphatic carbocycles. The lowest BCUT2D eigenvalue weighted by molar-refractivity contribution is -0.140. The molecule has 1 amide bonds. The number of carboxylic acids is 1. The Bertz CT molecular complexity index is 1110. The highest BCUT2D eigenvalue weighted by atomic mass is 19.3. The van der Waals surface area contributed by atoms with Crippen LogP contribution in [-0.2, 0) is 11.2 Å². The van der Waals surface area contributed by atoms with E-state index in [1.165, 1.54) is 25.3 Å². The Morgan fingerprint density at radius 3 is 2.64 bits per heavy atom. The quantitative estimate of drug-likeness (QED) is 0.726. The molecule has 2 aliphatic rings. The summed E-state index contributed by atoms with van der Waals surface area (Å²) in [6.07, 6.45) is 4.50. The van der Waals surface area contributed by atoms with Gasteiger partial charge in [0.1, 0.15) is 23.1 Å². The van der Waals surface area contributed by atoms with Crippen molar-refractivity contribution in [3.05, 3.63) is 41.1 Å². The Hall–Kier alpha value is -3.37. The molecule has 2 heterocycles. The molecule has 0 atom stereocenters. The van der Waals surface area contributed by atoms with Crippen LogP contribution in [0.25, 0.3) is 0 Å². The summed E-state index contributed by atoms with van der Waals surface area (Å²) >= 11 is 0. The molecular formula is C22H23F3N4O4. The monoisotopic (exact) mass is 464 g/mol.